The number of nitrogens with one attached hydrogen (secondary N) is 1. The molecule has 1 aromatic rings. The van der Waals surface area contributed by atoms with Crippen LogP contribution in [0.2, 0.25) is 5.02 Å². The van der Waals surface area contributed by atoms with Gasteiger partial charge in [0, 0.05) is 41.7 Å². The van der Waals surface area contributed by atoms with E-state index in [-0.39, 0.29) is 24.8 Å². The van der Waals surface area contributed by atoms with E-state index in [9.17, 15) is 0 Å². The average Bonchev–Trinajstić information content (AvgIpc) is 2.44. The Labute approximate surface area is 153 Å². The largest absolute Gasteiger partial charge is 0.314 e. The second kappa shape index (κ2) is 10.9. The van der Waals surface area contributed by atoms with Crippen LogP contribution >= 0.6 is 52.3 Å². The SMILES string of the molecule is C=CCC[C@H](c1cc(Cl)ccc1Br)N1CCNCC1.Cl.Cl. The third-order valence-electron chi connectivity index (χ3n) is 3.55. The van der Waals surface area contributed by atoms with E-state index in [1.54, 1.807) is 0 Å². The van der Waals surface area contributed by atoms with Crippen LogP contribution in [0, 0.1) is 0 Å². The Kier molecular flexibility index (Phi) is 11.0. The van der Waals surface area contributed by atoms with Crippen molar-refractivity contribution in [1.82, 2.24) is 10.2 Å². The molecule has 1 heterocycles. The van der Waals surface area contributed by atoms with Gasteiger partial charge in [-0.1, -0.05) is 33.6 Å². The van der Waals surface area contributed by atoms with E-state index >= 15 is 0 Å². The predicted octanol–water partition coefficient (Wildman–Crippen LogP) is 4.86. The number of allylic oxidation sites excluding steroid dienone is 1. The lowest BCUT2D eigenvalue weighted by Gasteiger charge is -2.35. The molecule has 0 spiro atoms. The predicted molar refractivity (Wildman–Crippen MR) is 100 cm³/mol. The highest BCUT2D eigenvalue weighted by molar-refractivity contribution is 9.10. The molecule has 0 saturated carbocycles. The smallest absolute Gasteiger partial charge is 0.0410 e. The maximum absolute atomic E-state index is 6.16. The molecule has 21 heavy (non-hydrogen) atoms. The van der Waals surface area contributed by atoms with Crippen molar-refractivity contribution in [2.24, 2.45) is 0 Å². The Morgan fingerprint density at radius 3 is 2.62 bits per heavy atom. The van der Waals surface area contributed by atoms with Crippen molar-refractivity contribution in [3.8, 4) is 0 Å². The van der Waals surface area contributed by atoms with E-state index < -0.39 is 0 Å². The van der Waals surface area contributed by atoms with Gasteiger partial charge in [-0.3, -0.25) is 4.90 Å². The van der Waals surface area contributed by atoms with E-state index in [0.717, 1.165) is 48.5 Å². The highest BCUT2D eigenvalue weighted by Crippen LogP contribution is 2.33. The van der Waals surface area contributed by atoms with Crippen molar-refractivity contribution in [1.29, 1.82) is 0 Å². The van der Waals surface area contributed by atoms with Crippen molar-refractivity contribution in [2.45, 2.75) is 18.9 Å². The Morgan fingerprint density at radius 2 is 2.00 bits per heavy atom. The fourth-order valence-electron chi connectivity index (χ4n) is 2.57. The first-order valence-electron chi connectivity index (χ1n) is 6.73. The minimum Gasteiger partial charge on any atom is -0.314 e. The molecule has 1 aliphatic heterocycles. The summed E-state index contributed by atoms with van der Waals surface area (Å²) in [7, 11) is 0. The van der Waals surface area contributed by atoms with Crippen LogP contribution in [0.4, 0.5) is 0 Å². The lowest BCUT2D eigenvalue weighted by atomic mass is 9.99. The fraction of sp³-hybridized carbons (Fsp3) is 0.467. The van der Waals surface area contributed by atoms with Crippen LogP contribution in [0.5, 0.6) is 0 Å². The van der Waals surface area contributed by atoms with E-state index in [2.05, 4.69) is 38.8 Å². The molecule has 0 radical (unpaired) electrons. The van der Waals surface area contributed by atoms with Crippen molar-refractivity contribution in [2.75, 3.05) is 26.2 Å². The lowest BCUT2D eigenvalue weighted by Crippen LogP contribution is -2.45. The average molecular weight is 417 g/mol. The molecule has 1 N–H and O–H groups in total. The molecule has 0 amide bonds. The van der Waals surface area contributed by atoms with Crippen LogP contribution in [-0.4, -0.2) is 31.1 Å². The molecular weight excluding hydrogens is 394 g/mol. The highest BCUT2D eigenvalue weighted by atomic mass is 79.9. The van der Waals surface area contributed by atoms with E-state index in [0.29, 0.717) is 6.04 Å². The van der Waals surface area contributed by atoms with Gasteiger partial charge in [-0.25, -0.2) is 0 Å². The number of hydrogen-bond donors (Lipinski definition) is 1. The van der Waals surface area contributed by atoms with Gasteiger partial charge in [0.15, 0.2) is 0 Å². The van der Waals surface area contributed by atoms with Gasteiger partial charge in [0.1, 0.15) is 0 Å². The van der Waals surface area contributed by atoms with Gasteiger partial charge >= 0.3 is 0 Å². The number of rotatable bonds is 5. The molecule has 0 unspecified atom stereocenters. The van der Waals surface area contributed by atoms with Gasteiger partial charge < -0.3 is 5.32 Å². The second-order valence-corrected chi connectivity index (χ2v) is 6.12. The zero-order valence-electron chi connectivity index (χ0n) is 11.9. The second-order valence-electron chi connectivity index (χ2n) is 4.83. The molecule has 2 nitrogen and oxygen atoms in total. The van der Waals surface area contributed by atoms with Crippen LogP contribution in [-0.2, 0) is 0 Å². The van der Waals surface area contributed by atoms with Gasteiger partial charge in [-0.2, -0.15) is 0 Å². The number of hydrogen-bond acceptors (Lipinski definition) is 2. The van der Waals surface area contributed by atoms with Crippen LogP contribution in [0.1, 0.15) is 24.4 Å². The van der Waals surface area contributed by atoms with Gasteiger partial charge in [0.25, 0.3) is 0 Å². The Morgan fingerprint density at radius 1 is 1.33 bits per heavy atom. The summed E-state index contributed by atoms with van der Waals surface area (Å²) in [4.78, 5) is 2.54. The van der Waals surface area contributed by atoms with Crippen LogP contribution in [0.15, 0.2) is 35.3 Å². The first kappa shape index (κ1) is 21.2. The summed E-state index contributed by atoms with van der Waals surface area (Å²) in [5, 5.41) is 4.21. The third-order valence-corrected chi connectivity index (χ3v) is 4.51. The number of nitrogens with zero attached hydrogens (tertiary/aromatic N) is 1. The van der Waals surface area contributed by atoms with Crippen LogP contribution in [0.25, 0.3) is 0 Å². The van der Waals surface area contributed by atoms with Crippen molar-refractivity contribution in [3.63, 3.8) is 0 Å². The normalized spacial score (nSPS) is 16.5. The Balaban J connectivity index is 0.00000200. The minimum absolute atomic E-state index is 0. The number of halogens is 4. The summed E-state index contributed by atoms with van der Waals surface area (Å²) in [5.74, 6) is 0. The van der Waals surface area contributed by atoms with Gasteiger partial charge in [-0.05, 0) is 36.6 Å². The molecule has 1 atom stereocenters. The first-order chi connectivity index (χ1) is 9.22. The topological polar surface area (TPSA) is 15.3 Å². The minimum atomic E-state index is 0. The van der Waals surface area contributed by atoms with Gasteiger partial charge in [0.2, 0.25) is 0 Å². The Hall–Kier alpha value is 0.230. The zero-order valence-corrected chi connectivity index (χ0v) is 15.8. The van der Waals surface area contributed by atoms with Crippen molar-refractivity contribution in [3.05, 3.63) is 45.9 Å². The first-order valence-corrected chi connectivity index (χ1v) is 7.90. The highest BCUT2D eigenvalue weighted by Gasteiger charge is 2.23. The summed E-state index contributed by atoms with van der Waals surface area (Å²) in [6.07, 6.45) is 4.10. The summed E-state index contributed by atoms with van der Waals surface area (Å²) in [6.45, 7) is 8.13. The summed E-state index contributed by atoms with van der Waals surface area (Å²) in [6, 6.07) is 6.47. The van der Waals surface area contributed by atoms with E-state index in [4.69, 9.17) is 11.6 Å². The van der Waals surface area contributed by atoms with Gasteiger partial charge in [-0.15, -0.1) is 31.4 Å². The number of piperazine rings is 1. The maximum atomic E-state index is 6.16. The van der Waals surface area contributed by atoms with Crippen LogP contribution in [0.3, 0.4) is 0 Å². The van der Waals surface area contributed by atoms with Gasteiger partial charge in [0.05, 0.1) is 0 Å². The Bertz CT molecular complexity index is 437. The molecule has 0 aliphatic carbocycles. The third kappa shape index (κ3) is 6.09. The molecule has 6 heteroatoms. The summed E-state index contributed by atoms with van der Waals surface area (Å²) < 4.78 is 1.14. The lowest BCUT2D eigenvalue weighted by molar-refractivity contribution is 0.165. The van der Waals surface area contributed by atoms with Crippen LogP contribution < -0.4 is 5.32 Å². The molecule has 0 aromatic heterocycles. The van der Waals surface area contributed by atoms with Crippen molar-refractivity contribution >= 4 is 52.3 Å². The fourth-order valence-corrected chi connectivity index (χ4v) is 3.27. The molecule has 2 rings (SSSR count). The monoisotopic (exact) mass is 414 g/mol. The number of benzene rings is 1. The molecule has 120 valence electrons. The zero-order chi connectivity index (χ0) is 13.7. The summed E-state index contributed by atoms with van der Waals surface area (Å²) >= 11 is 9.82. The molecule has 0 bridgehead atoms. The quantitative estimate of drug-likeness (QED) is 0.690. The molecule has 1 aromatic carbocycles. The standard InChI is InChI=1S/C15H20BrClN2.2ClH/c1-2-3-4-15(19-9-7-18-8-10-19)13-11-12(17)5-6-14(13)16;;/h2,5-6,11,15,18H,1,3-4,7-10H2;2*1H/t15-;;/m1../s1. The molecule has 1 fully saturated rings. The van der Waals surface area contributed by atoms with E-state index in [1.165, 1.54) is 5.56 Å². The molecular formula is C15H22BrCl3N2. The maximum Gasteiger partial charge on any atom is 0.0410 e. The molecule has 1 saturated heterocycles. The van der Waals surface area contributed by atoms with Crippen molar-refractivity contribution < 1.29 is 0 Å². The van der Waals surface area contributed by atoms with E-state index in [1.807, 2.05) is 18.2 Å². The molecule has 1 aliphatic rings. The summed E-state index contributed by atoms with van der Waals surface area (Å²) in [5.41, 5.74) is 1.29.